The third-order valence-corrected chi connectivity index (χ3v) is 3.71. The molecule has 0 radical (unpaired) electrons. The Balaban J connectivity index is 2.26. The van der Waals surface area contributed by atoms with E-state index in [1.165, 1.54) is 11.3 Å². The van der Waals surface area contributed by atoms with Crippen molar-refractivity contribution in [3.05, 3.63) is 21.9 Å². The van der Waals surface area contributed by atoms with Crippen LogP contribution < -0.4 is 5.32 Å². The van der Waals surface area contributed by atoms with Gasteiger partial charge in [0.25, 0.3) is 5.91 Å². The minimum atomic E-state index is -0.0513. The lowest BCUT2D eigenvalue weighted by molar-refractivity contribution is 0.0952. The molecule has 0 atom stereocenters. The monoisotopic (exact) mass is 255 g/mol. The molecule has 0 bridgehead atoms. The highest BCUT2D eigenvalue weighted by molar-refractivity contribution is 7.13. The Morgan fingerprint density at radius 2 is 2.18 bits per heavy atom. The van der Waals surface area contributed by atoms with Crippen molar-refractivity contribution >= 4 is 17.2 Å². The molecular weight excluding hydrogens is 234 g/mol. The summed E-state index contributed by atoms with van der Waals surface area (Å²) in [6.45, 7) is 6.89. The number of carbonyl (C=O) groups excluding carboxylic acids is 1. The first-order valence-electron chi connectivity index (χ1n) is 5.90. The molecule has 0 aliphatic carbocycles. The Labute approximate surface area is 107 Å². The van der Waals surface area contributed by atoms with Crippen molar-refractivity contribution in [3.63, 3.8) is 0 Å². The number of rotatable bonds is 6. The van der Waals surface area contributed by atoms with Gasteiger partial charge in [-0.25, -0.2) is 0 Å². The van der Waals surface area contributed by atoms with Crippen LogP contribution in [0.2, 0.25) is 0 Å². The van der Waals surface area contributed by atoms with Crippen LogP contribution in [0.5, 0.6) is 0 Å². The summed E-state index contributed by atoms with van der Waals surface area (Å²) in [6.07, 6.45) is 1.80. The maximum Gasteiger partial charge on any atom is 0.261 e. The SMILES string of the molecule is Cc1ccc(C(=O)NCCCC(C)(C)CO)s1. The number of carbonyl (C=O) groups is 1. The molecule has 0 aliphatic heterocycles. The van der Waals surface area contributed by atoms with Gasteiger partial charge in [0.15, 0.2) is 0 Å². The number of thiophene rings is 1. The predicted molar refractivity (Wildman–Crippen MR) is 71.5 cm³/mol. The normalized spacial score (nSPS) is 11.5. The van der Waals surface area contributed by atoms with Gasteiger partial charge in [-0.15, -0.1) is 11.3 Å². The van der Waals surface area contributed by atoms with Crippen LogP contribution in [0, 0.1) is 12.3 Å². The van der Waals surface area contributed by atoms with Crippen LogP contribution in [-0.4, -0.2) is 24.2 Å². The topological polar surface area (TPSA) is 49.3 Å². The summed E-state index contributed by atoms with van der Waals surface area (Å²) >= 11 is 1.51. The molecule has 96 valence electrons. The lowest BCUT2D eigenvalue weighted by Crippen LogP contribution is -2.25. The Kier molecular flexibility index (Phi) is 5.15. The van der Waals surface area contributed by atoms with E-state index >= 15 is 0 Å². The van der Waals surface area contributed by atoms with Gasteiger partial charge < -0.3 is 10.4 Å². The van der Waals surface area contributed by atoms with E-state index in [0.29, 0.717) is 6.54 Å². The average molecular weight is 255 g/mol. The molecule has 0 fully saturated rings. The molecule has 4 heteroatoms. The highest BCUT2D eigenvalue weighted by atomic mass is 32.1. The molecule has 1 rings (SSSR count). The predicted octanol–water partition coefficient (Wildman–Crippen LogP) is 2.59. The fraction of sp³-hybridized carbons (Fsp3) is 0.615. The maximum absolute atomic E-state index is 11.7. The molecule has 1 amide bonds. The zero-order chi connectivity index (χ0) is 12.9. The Morgan fingerprint density at radius 1 is 1.47 bits per heavy atom. The van der Waals surface area contributed by atoms with Crippen LogP contribution in [-0.2, 0) is 0 Å². The molecule has 1 aromatic heterocycles. The van der Waals surface area contributed by atoms with Crippen molar-refractivity contribution in [2.75, 3.05) is 13.2 Å². The molecule has 1 aromatic rings. The fourth-order valence-corrected chi connectivity index (χ4v) is 2.28. The van der Waals surface area contributed by atoms with Crippen LogP contribution in [0.3, 0.4) is 0 Å². The first-order valence-corrected chi connectivity index (χ1v) is 6.72. The molecule has 0 saturated carbocycles. The second-order valence-corrected chi connectivity index (χ2v) is 6.38. The van der Waals surface area contributed by atoms with Crippen molar-refractivity contribution in [1.82, 2.24) is 5.32 Å². The van der Waals surface area contributed by atoms with Crippen LogP contribution in [0.15, 0.2) is 12.1 Å². The van der Waals surface area contributed by atoms with Crippen molar-refractivity contribution in [1.29, 1.82) is 0 Å². The van der Waals surface area contributed by atoms with Crippen molar-refractivity contribution < 1.29 is 9.90 Å². The number of hydrogen-bond acceptors (Lipinski definition) is 3. The first-order chi connectivity index (χ1) is 7.94. The van der Waals surface area contributed by atoms with Gasteiger partial charge in [-0.3, -0.25) is 4.79 Å². The zero-order valence-corrected chi connectivity index (χ0v) is 11.6. The number of hydrogen-bond donors (Lipinski definition) is 2. The largest absolute Gasteiger partial charge is 0.396 e. The first kappa shape index (κ1) is 14.2. The molecule has 0 saturated heterocycles. The van der Waals surface area contributed by atoms with Gasteiger partial charge >= 0.3 is 0 Å². The Hall–Kier alpha value is -0.870. The van der Waals surface area contributed by atoms with Gasteiger partial charge in [0, 0.05) is 18.0 Å². The lowest BCUT2D eigenvalue weighted by atomic mass is 9.89. The van der Waals surface area contributed by atoms with Gasteiger partial charge in [0.05, 0.1) is 4.88 Å². The highest BCUT2D eigenvalue weighted by Crippen LogP contribution is 2.20. The molecule has 17 heavy (non-hydrogen) atoms. The molecule has 3 nitrogen and oxygen atoms in total. The molecule has 2 N–H and O–H groups in total. The zero-order valence-electron chi connectivity index (χ0n) is 10.7. The van der Waals surface area contributed by atoms with Gasteiger partial charge in [-0.1, -0.05) is 13.8 Å². The molecule has 0 aliphatic rings. The number of nitrogens with one attached hydrogen (secondary N) is 1. The van der Waals surface area contributed by atoms with E-state index in [9.17, 15) is 4.79 Å². The van der Waals surface area contributed by atoms with E-state index in [1.54, 1.807) is 0 Å². The minimum Gasteiger partial charge on any atom is -0.396 e. The summed E-state index contributed by atoms with van der Waals surface area (Å²) in [7, 11) is 0. The summed E-state index contributed by atoms with van der Waals surface area (Å²) in [6, 6.07) is 3.81. The number of aliphatic hydroxyl groups is 1. The smallest absolute Gasteiger partial charge is 0.261 e. The highest BCUT2D eigenvalue weighted by Gasteiger charge is 2.15. The third kappa shape index (κ3) is 4.88. The maximum atomic E-state index is 11.7. The van der Waals surface area contributed by atoms with Gasteiger partial charge in [-0.2, -0.15) is 0 Å². The van der Waals surface area contributed by atoms with E-state index in [0.717, 1.165) is 22.6 Å². The summed E-state index contributed by atoms with van der Waals surface area (Å²) < 4.78 is 0. The molecule has 1 heterocycles. The van der Waals surface area contributed by atoms with Gasteiger partial charge in [0.1, 0.15) is 0 Å². The molecule has 0 unspecified atom stereocenters. The summed E-state index contributed by atoms with van der Waals surface area (Å²) in [4.78, 5) is 13.6. The third-order valence-electron chi connectivity index (χ3n) is 2.71. The quantitative estimate of drug-likeness (QED) is 0.768. The molecular formula is C13H21NO2S. The second-order valence-electron chi connectivity index (χ2n) is 5.09. The minimum absolute atomic E-state index is 0.00454. The van der Waals surface area contributed by atoms with Crippen LogP contribution >= 0.6 is 11.3 Å². The van der Waals surface area contributed by atoms with E-state index in [2.05, 4.69) is 5.32 Å². The van der Waals surface area contributed by atoms with E-state index in [4.69, 9.17) is 5.11 Å². The Morgan fingerprint density at radius 3 is 2.71 bits per heavy atom. The Bertz CT molecular complexity index is 371. The van der Waals surface area contributed by atoms with Crippen molar-refractivity contribution in [3.8, 4) is 0 Å². The summed E-state index contributed by atoms with van der Waals surface area (Å²) in [5.41, 5.74) is -0.0513. The molecule has 0 spiro atoms. The summed E-state index contributed by atoms with van der Waals surface area (Å²) in [5, 5.41) is 12.0. The number of amides is 1. The van der Waals surface area contributed by atoms with Gasteiger partial charge in [-0.05, 0) is 37.3 Å². The standard InChI is InChI=1S/C13H21NO2S/c1-10-5-6-11(17-10)12(16)14-8-4-7-13(2,3)9-15/h5-6,15H,4,7-9H2,1-3H3,(H,14,16). The van der Waals surface area contributed by atoms with Crippen LogP contribution in [0.25, 0.3) is 0 Å². The van der Waals surface area contributed by atoms with Crippen LogP contribution in [0.4, 0.5) is 0 Å². The second kappa shape index (κ2) is 6.17. The van der Waals surface area contributed by atoms with E-state index in [1.807, 2.05) is 32.9 Å². The van der Waals surface area contributed by atoms with E-state index < -0.39 is 0 Å². The van der Waals surface area contributed by atoms with Crippen LogP contribution in [0.1, 0.15) is 41.2 Å². The van der Waals surface area contributed by atoms with Crippen molar-refractivity contribution in [2.45, 2.75) is 33.6 Å². The fourth-order valence-electron chi connectivity index (χ4n) is 1.49. The summed E-state index contributed by atoms with van der Waals surface area (Å²) in [5.74, 6) is 0.00454. The number of aliphatic hydroxyl groups excluding tert-OH is 1. The van der Waals surface area contributed by atoms with Crippen molar-refractivity contribution in [2.24, 2.45) is 5.41 Å². The van der Waals surface area contributed by atoms with E-state index in [-0.39, 0.29) is 17.9 Å². The molecule has 0 aromatic carbocycles. The average Bonchev–Trinajstić information content (AvgIpc) is 2.71. The number of aryl methyl sites for hydroxylation is 1. The van der Waals surface area contributed by atoms with Gasteiger partial charge in [0.2, 0.25) is 0 Å². The lowest BCUT2D eigenvalue weighted by Gasteiger charge is -2.21.